The number of amides is 1. The highest BCUT2D eigenvalue weighted by Gasteiger charge is 2.59. The van der Waals surface area contributed by atoms with Gasteiger partial charge in [0.05, 0.1) is 24.8 Å². The summed E-state index contributed by atoms with van der Waals surface area (Å²) in [7, 11) is -0.0254. The first kappa shape index (κ1) is 64.7. The average Bonchev–Trinajstić information content (AvgIpc) is 3.95. The zero-order valence-corrected chi connectivity index (χ0v) is 51.1. The molecule has 13 nitrogen and oxygen atoms in total. The number of hydrogen-bond acceptors (Lipinski definition) is 12. The molecule has 0 bridgehead atoms. The molecule has 14 heteroatoms. The van der Waals surface area contributed by atoms with Crippen molar-refractivity contribution >= 4 is 27.3 Å². The van der Waals surface area contributed by atoms with Gasteiger partial charge in [0.25, 0.3) is 0 Å². The molecule has 2 aliphatic rings. The predicted octanol–water partition coefficient (Wildman–Crippen LogP) is 15.9. The van der Waals surface area contributed by atoms with Crippen LogP contribution in [0.15, 0.2) is 152 Å². The molecule has 2 saturated heterocycles. The van der Waals surface area contributed by atoms with E-state index in [0.717, 1.165) is 47.9 Å². The predicted molar refractivity (Wildman–Crippen MR) is 325 cm³/mol. The van der Waals surface area contributed by atoms with Crippen LogP contribution in [-0.4, -0.2) is 94.3 Å². The summed E-state index contributed by atoms with van der Waals surface area (Å²) in [5, 5.41) is 0. The van der Waals surface area contributed by atoms with Gasteiger partial charge in [0.2, 0.25) is 9.04 Å². The molecule has 2 fully saturated rings. The SMILES string of the molecule is CCCCCCCCCCCCCCC1OC(=O)O[C@H]1[C@H](CC[C@]1(OC)OC(COC(=O)c2ccccc2)[C@H](O[Si](C(C)C)C(C)C)C(OCc2ccccc2)[C@H]1OCc1ccccc1)N(Cc1ccccc1)C(=O)OCc1ccccc1. The summed E-state index contributed by atoms with van der Waals surface area (Å²) in [6.45, 7) is 11.2. The van der Waals surface area contributed by atoms with Crippen molar-refractivity contribution in [2.45, 2.75) is 217 Å². The molecule has 2 aliphatic heterocycles. The number of methoxy groups -OCH3 is 1. The molecule has 449 valence electrons. The minimum Gasteiger partial charge on any atom is -0.459 e. The minimum atomic E-state index is -1.67. The van der Waals surface area contributed by atoms with E-state index in [9.17, 15) is 9.59 Å². The van der Waals surface area contributed by atoms with Crippen LogP contribution in [0.3, 0.4) is 0 Å². The normalized spacial score (nSPS) is 21.0. The van der Waals surface area contributed by atoms with Crippen molar-refractivity contribution in [2.75, 3.05) is 13.7 Å². The molecule has 0 N–H and O–H groups in total. The average molecular weight is 1160 g/mol. The fourth-order valence-corrected chi connectivity index (χ4v) is 14.0. The van der Waals surface area contributed by atoms with E-state index in [-0.39, 0.29) is 56.9 Å². The number of benzene rings is 5. The molecule has 0 aromatic heterocycles. The van der Waals surface area contributed by atoms with Crippen molar-refractivity contribution < 1.29 is 56.7 Å². The third kappa shape index (κ3) is 20.1. The van der Waals surface area contributed by atoms with Gasteiger partial charge in [0.1, 0.15) is 43.7 Å². The third-order valence-corrected chi connectivity index (χ3v) is 18.7. The Balaban J connectivity index is 1.27. The van der Waals surface area contributed by atoms with Gasteiger partial charge >= 0.3 is 18.2 Å². The highest BCUT2D eigenvalue weighted by Crippen LogP contribution is 2.43. The Hall–Kier alpha value is -5.87. The number of hydrogen-bond donors (Lipinski definition) is 0. The highest BCUT2D eigenvalue weighted by molar-refractivity contribution is 6.55. The van der Waals surface area contributed by atoms with Crippen LogP contribution in [0.5, 0.6) is 0 Å². The molecular weight excluding hydrogens is 1060 g/mol. The summed E-state index contributed by atoms with van der Waals surface area (Å²) < 4.78 is 60.9. The molecule has 3 unspecified atom stereocenters. The van der Waals surface area contributed by atoms with Crippen molar-refractivity contribution in [3.8, 4) is 0 Å². The van der Waals surface area contributed by atoms with Crippen molar-refractivity contribution in [2.24, 2.45) is 0 Å². The fourth-order valence-electron chi connectivity index (χ4n) is 11.5. The standard InChI is InChI=1S/C69H92NO12Si/c1-7-8-9-10-11-12-13-14-15-16-17-33-44-60-62(80-68(73)79-60)59(70(47-54-34-23-18-24-35-54)67(72)78-50-57-40-29-21-30-41-57)45-46-69(74-6)65(76-49-56-38-27-20-28-39-56)64(75-48-55-36-25-19-26-37-55)63(82-83(52(2)3)53(4)5)61(81-69)51-77-66(71)58-42-31-22-32-43-58/h18-32,34-43,52-53,59-65H,7-17,33,44-51H2,1-6H3/t59-,60?,61?,62-,63-,64?,65+,69-/m0/s1. The lowest BCUT2D eigenvalue weighted by atomic mass is 9.86. The number of nitrogens with zero attached hydrogens (tertiary/aromatic N) is 1. The third-order valence-electron chi connectivity index (χ3n) is 15.9. The zero-order valence-electron chi connectivity index (χ0n) is 50.1. The van der Waals surface area contributed by atoms with E-state index in [0.29, 0.717) is 12.0 Å². The van der Waals surface area contributed by atoms with Crippen molar-refractivity contribution in [3.05, 3.63) is 179 Å². The first-order valence-electron chi connectivity index (χ1n) is 30.7. The highest BCUT2D eigenvalue weighted by atomic mass is 28.3. The topological polar surface area (TPSA) is 138 Å². The van der Waals surface area contributed by atoms with Crippen LogP contribution in [0.1, 0.15) is 164 Å². The zero-order chi connectivity index (χ0) is 58.7. The van der Waals surface area contributed by atoms with Gasteiger partial charge in [0, 0.05) is 20.1 Å². The molecule has 0 aliphatic carbocycles. The van der Waals surface area contributed by atoms with E-state index < -0.39 is 75.7 Å². The molecule has 5 aromatic rings. The van der Waals surface area contributed by atoms with Crippen molar-refractivity contribution in [1.82, 2.24) is 4.90 Å². The van der Waals surface area contributed by atoms with E-state index in [1.165, 1.54) is 51.4 Å². The van der Waals surface area contributed by atoms with Crippen LogP contribution in [0, 0.1) is 0 Å². The molecule has 8 atom stereocenters. The maximum Gasteiger partial charge on any atom is 0.509 e. The van der Waals surface area contributed by atoms with Gasteiger partial charge in [-0.1, -0.05) is 245 Å². The van der Waals surface area contributed by atoms with E-state index in [1.54, 1.807) is 36.3 Å². The van der Waals surface area contributed by atoms with Crippen LogP contribution in [0.4, 0.5) is 9.59 Å². The number of ether oxygens (including phenoxy) is 8. The van der Waals surface area contributed by atoms with Crippen LogP contribution in [0.25, 0.3) is 0 Å². The summed E-state index contributed by atoms with van der Waals surface area (Å²) in [4.78, 5) is 44.4. The lowest BCUT2D eigenvalue weighted by Crippen LogP contribution is -2.69. The van der Waals surface area contributed by atoms with E-state index in [1.807, 2.05) is 127 Å². The number of carbonyl (C=O) groups excluding carboxylic acids is 3. The van der Waals surface area contributed by atoms with Crippen molar-refractivity contribution in [1.29, 1.82) is 0 Å². The Labute approximate surface area is 496 Å². The minimum absolute atomic E-state index is 0.0167. The summed E-state index contributed by atoms with van der Waals surface area (Å²) in [5.41, 5.74) is 4.25. The molecule has 1 radical (unpaired) electrons. The van der Waals surface area contributed by atoms with Crippen LogP contribution < -0.4 is 0 Å². The maximum atomic E-state index is 15.1. The lowest BCUT2D eigenvalue weighted by Gasteiger charge is -2.53. The van der Waals surface area contributed by atoms with Crippen LogP contribution in [-0.2, 0) is 68.7 Å². The summed E-state index contributed by atoms with van der Waals surface area (Å²) in [5.74, 6) is -2.19. The lowest BCUT2D eigenvalue weighted by molar-refractivity contribution is -0.372. The molecule has 0 saturated carbocycles. The fraction of sp³-hybridized carbons (Fsp3) is 0.522. The second-order valence-corrected chi connectivity index (χ2v) is 26.2. The summed E-state index contributed by atoms with van der Waals surface area (Å²) in [6, 6.07) is 47.1. The Morgan fingerprint density at radius 1 is 0.578 bits per heavy atom. The van der Waals surface area contributed by atoms with Gasteiger partial charge < -0.3 is 42.3 Å². The molecule has 5 aromatic carbocycles. The van der Waals surface area contributed by atoms with Gasteiger partial charge in [-0.05, 0) is 64.7 Å². The Morgan fingerprint density at radius 3 is 1.60 bits per heavy atom. The monoisotopic (exact) mass is 1150 g/mol. The number of esters is 1. The van der Waals surface area contributed by atoms with Crippen molar-refractivity contribution in [3.63, 3.8) is 0 Å². The first-order valence-corrected chi connectivity index (χ1v) is 32.2. The van der Waals surface area contributed by atoms with Gasteiger partial charge in [-0.25, -0.2) is 14.4 Å². The molecule has 83 heavy (non-hydrogen) atoms. The van der Waals surface area contributed by atoms with Gasteiger partial charge in [-0.15, -0.1) is 0 Å². The van der Waals surface area contributed by atoms with E-state index in [4.69, 9.17) is 42.3 Å². The first-order chi connectivity index (χ1) is 40.5. The largest absolute Gasteiger partial charge is 0.509 e. The molecule has 0 spiro atoms. The molecular formula is C69H92NO12Si. The molecule has 1 amide bonds. The number of cyclic esters (lactones) is 2. The quantitative estimate of drug-likeness (QED) is 0.0163. The summed E-state index contributed by atoms with van der Waals surface area (Å²) >= 11 is 0. The maximum absolute atomic E-state index is 15.1. The molecule has 2 heterocycles. The molecule has 7 rings (SSSR count). The van der Waals surface area contributed by atoms with Crippen LogP contribution in [0.2, 0.25) is 11.1 Å². The van der Waals surface area contributed by atoms with Gasteiger partial charge in [-0.3, -0.25) is 4.90 Å². The Bertz CT molecular complexity index is 2590. The Kier molecular flexibility index (Phi) is 27.1. The second kappa shape index (κ2) is 34.8. The second-order valence-electron chi connectivity index (χ2n) is 22.8. The number of unbranched alkanes of at least 4 members (excludes halogenated alkanes) is 11. The number of carbonyl (C=O) groups is 3. The Morgan fingerprint density at radius 2 is 1.07 bits per heavy atom. The van der Waals surface area contributed by atoms with E-state index in [2.05, 4.69) is 34.6 Å². The van der Waals surface area contributed by atoms with Gasteiger partial charge in [0.15, 0.2) is 11.9 Å². The van der Waals surface area contributed by atoms with Crippen LogP contribution >= 0.6 is 0 Å². The smallest absolute Gasteiger partial charge is 0.459 e. The van der Waals surface area contributed by atoms with Gasteiger partial charge in [-0.2, -0.15) is 0 Å². The van der Waals surface area contributed by atoms with E-state index >= 15 is 4.79 Å². The number of rotatable bonds is 36. The summed E-state index contributed by atoms with van der Waals surface area (Å²) in [6.07, 6.45) is 8.41.